The molecule has 0 aliphatic carbocycles. The molecular formula is C12H22N2O5S. The largest absolute Gasteiger partial charge is 0.481 e. The van der Waals surface area contributed by atoms with E-state index in [1.807, 2.05) is 13.8 Å². The predicted octanol–water partition coefficient (Wildman–Crippen LogP) is 0.185. The van der Waals surface area contributed by atoms with Crippen LogP contribution in [0, 0.1) is 5.92 Å². The number of aliphatic carboxylic acids is 1. The van der Waals surface area contributed by atoms with Crippen molar-refractivity contribution in [3.8, 4) is 0 Å². The maximum Gasteiger partial charge on any atom is 0.306 e. The molecule has 0 bridgehead atoms. The molecule has 0 amide bonds. The van der Waals surface area contributed by atoms with Crippen molar-refractivity contribution in [3.63, 3.8) is 0 Å². The van der Waals surface area contributed by atoms with Crippen molar-refractivity contribution in [2.75, 3.05) is 19.7 Å². The Hall–Kier alpha value is -0.700. The van der Waals surface area contributed by atoms with Crippen LogP contribution in [0.4, 0.5) is 0 Å². The molecule has 2 aliphatic rings. The van der Waals surface area contributed by atoms with Crippen molar-refractivity contribution in [1.82, 2.24) is 9.03 Å². The number of hydrogen-bond acceptors (Lipinski definition) is 4. The highest BCUT2D eigenvalue weighted by molar-refractivity contribution is 7.87. The average molecular weight is 306 g/mol. The van der Waals surface area contributed by atoms with Gasteiger partial charge in [-0.25, -0.2) is 0 Å². The van der Waals surface area contributed by atoms with Crippen LogP contribution in [0.2, 0.25) is 0 Å². The summed E-state index contributed by atoms with van der Waals surface area (Å²) in [6.45, 7) is 4.73. The van der Waals surface area contributed by atoms with Crippen LogP contribution >= 0.6 is 0 Å². The molecule has 7 nitrogen and oxygen atoms in total. The maximum absolute atomic E-state index is 12.4. The average Bonchev–Trinajstić information content (AvgIpc) is 2.68. The first-order valence-corrected chi connectivity index (χ1v) is 8.32. The fourth-order valence-corrected chi connectivity index (χ4v) is 4.35. The second-order valence-corrected chi connectivity index (χ2v) is 7.47. The van der Waals surface area contributed by atoms with Crippen LogP contribution in [0.5, 0.6) is 0 Å². The molecule has 2 rings (SSSR count). The van der Waals surface area contributed by atoms with Gasteiger partial charge in [0.2, 0.25) is 0 Å². The van der Waals surface area contributed by atoms with Crippen LogP contribution in [0.25, 0.3) is 0 Å². The quantitative estimate of drug-likeness (QED) is 0.772. The molecule has 0 radical (unpaired) electrons. The summed E-state index contributed by atoms with van der Waals surface area (Å²) in [7, 11) is -3.60. The van der Waals surface area contributed by atoms with Crippen LogP contribution in [-0.4, -0.2) is 55.1 Å². The molecule has 0 saturated carbocycles. The molecule has 2 N–H and O–H groups in total. The highest BCUT2D eigenvalue weighted by Crippen LogP contribution is 2.27. The minimum absolute atomic E-state index is 0.172. The van der Waals surface area contributed by atoms with Gasteiger partial charge in [0, 0.05) is 19.7 Å². The Kier molecular flexibility index (Phi) is 4.38. The van der Waals surface area contributed by atoms with Crippen molar-refractivity contribution in [2.45, 2.75) is 44.8 Å². The zero-order chi connectivity index (χ0) is 15.0. The molecular weight excluding hydrogens is 284 g/mol. The lowest BCUT2D eigenvalue weighted by Gasteiger charge is -2.34. The molecule has 2 fully saturated rings. The van der Waals surface area contributed by atoms with E-state index in [4.69, 9.17) is 9.84 Å². The van der Waals surface area contributed by atoms with Gasteiger partial charge in [0.1, 0.15) is 0 Å². The molecule has 2 atom stereocenters. The molecule has 2 unspecified atom stereocenters. The van der Waals surface area contributed by atoms with E-state index >= 15 is 0 Å². The summed E-state index contributed by atoms with van der Waals surface area (Å²) in [6, 6.07) is 0. The van der Waals surface area contributed by atoms with Gasteiger partial charge in [-0.3, -0.25) is 4.79 Å². The molecule has 0 aromatic carbocycles. The van der Waals surface area contributed by atoms with Gasteiger partial charge in [0.05, 0.1) is 17.6 Å². The normalized spacial score (nSPS) is 33.4. The van der Waals surface area contributed by atoms with E-state index < -0.39 is 27.6 Å². The standard InChI is InChI=1S/C12H22N2O5S/c1-9-12(2,5-8-19-9)13-20(17,18)14-6-3-10(4-7-14)11(15)16/h9-10,13H,3-8H2,1-2H3,(H,15,16). The SMILES string of the molecule is CC1OCCC1(C)NS(=O)(=O)N1CCC(C(=O)O)CC1. The summed E-state index contributed by atoms with van der Waals surface area (Å²) in [5, 5.41) is 8.93. The van der Waals surface area contributed by atoms with Gasteiger partial charge >= 0.3 is 5.97 Å². The van der Waals surface area contributed by atoms with Crippen molar-refractivity contribution < 1.29 is 23.1 Å². The number of carboxylic acid groups (broad SMARTS) is 1. The third kappa shape index (κ3) is 3.13. The number of nitrogens with zero attached hydrogens (tertiary/aromatic N) is 1. The lowest BCUT2D eigenvalue weighted by Crippen LogP contribution is -2.56. The van der Waals surface area contributed by atoms with E-state index in [2.05, 4.69) is 4.72 Å². The predicted molar refractivity (Wildman–Crippen MR) is 72.4 cm³/mol. The highest BCUT2D eigenvalue weighted by Gasteiger charge is 2.42. The Labute approximate surface area is 119 Å². The van der Waals surface area contributed by atoms with E-state index in [1.54, 1.807) is 0 Å². The Morgan fingerprint density at radius 2 is 2.00 bits per heavy atom. The number of piperidine rings is 1. The summed E-state index contributed by atoms with van der Waals surface area (Å²) >= 11 is 0. The van der Waals surface area contributed by atoms with Crippen molar-refractivity contribution in [2.24, 2.45) is 5.92 Å². The first kappa shape index (κ1) is 15.7. The van der Waals surface area contributed by atoms with Gasteiger partial charge in [0.25, 0.3) is 10.2 Å². The molecule has 20 heavy (non-hydrogen) atoms. The molecule has 2 saturated heterocycles. The number of hydrogen-bond donors (Lipinski definition) is 2. The molecule has 8 heteroatoms. The summed E-state index contributed by atoms with van der Waals surface area (Å²) < 4.78 is 34.2. The monoisotopic (exact) mass is 306 g/mol. The van der Waals surface area contributed by atoms with Gasteiger partial charge in [-0.2, -0.15) is 17.4 Å². The molecule has 0 aromatic heterocycles. The summed E-state index contributed by atoms with van der Waals surface area (Å²) in [5.41, 5.74) is -0.595. The summed E-state index contributed by atoms with van der Waals surface area (Å²) in [6.07, 6.45) is 1.19. The minimum atomic E-state index is -3.60. The lowest BCUT2D eigenvalue weighted by atomic mass is 9.97. The Morgan fingerprint density at radius 1 is 1.40 bits per heavy atom. The van der Waals surface area contributed by atoms with Crippen molar-refractivity contribution >= 4 is 16.2 Å². The second kappa shape index (κ2) is 5.59. The van der Waals surface area contributed by atoms with Gasteiger partial charge in [-0.05, 0) is 33.1 Å². The zero-order valence-corrected chi connectivity index (χ0v) is 12.6. The Bertz CT molecular complexity index is 472. The van der Waals surface area contributed by atoms with Crippen LogP contribution in [0.15, 0.2) is 0 Å². The van der Waals surface area contributed by atoms with Gasteiger partial charge in [-0.15, -0.1) is 0 Å². The van der Waals surface area contributed by atoms with E-state index in [-0.39, 0.29) is 19.2 Å². The fraction of sp³-hybridized carbons (Fsp3) is 0.917. The van der Waals surface area contributed by atoms with E-state index in [1.165, 1.54) is 4.31 Å². The van der Waals surface area contributed by atoms with E-state index in [0.717, 1.165) is 0 Å². The van der Waals surface area contributed by atoms with E-state index in [0.29, 0.717) is 25.9 Å². The van der Waals surface area contributed by atoms with Crippen LogP contribution in [0.1, 0.15) is 33.1 Å². The number of rotatable bonds is 4. The maximum atomic E-state index is 12.4. The van der Waals surface area contributed by atoms with Gasteiger partial charge < -0.3 is 9.84 Å². The third-order valence-corrected chi connectivity index (χ3v) is 6.16. The third-order valence-electron chi connectivity index (χ3n) is 4.39. The molecule has 0 aromatic rings. The highest BCUT2D eigenvalue weighted by atomic mass is 32.2. The molecule has 0 spiro atoms. The first-order valence-electron chi connectivity index (χ1n) is 6.88. The van der Waals surface area contributed by atoms with E-state index in [9.17, 15) is 13.2 Å². The number of ether oxygens (including phenoxy) is 1. The summed E-state index contributed by atoms with van der Waals surface area (Å²) in [4.78, 5) is 10.9. The van der Waals surface area contributed by atoms with Gasteiger partial charge in [-0.1, -0.05) is 0 Å². The number of carboxylic acids is 1. The Balaban J connectivity index is 2.00. The van der Waals surface area contributed by atoms with Crippen LogP contribution in [0.3, 0.4) is 0 Å². The number of carbonyl (C=O) groups is 1. The molecule has 2 aliphatic heterocycles. The smallest absolute Gasteiger partial charge is 0.306 e. The topological polar surface area (TPSA) is 95.9 Å². The minimum Gasteiger partial charge on any atom is -0.481 e. The van der Waals surface area contributed by atoms with Crippen LogP contribution < -0.4 is 4.72 Å². The van der Waals surface area contributed by atoms with Crippen molar-refractivity contribution in [3.05, 3.63) is 0 Å². The summed E-state index contributed by atoms with van der Waals surface area (Å²) in [5.74, 6) is -1.29. The fourth-order valence-electron chi connectivity index (χ4n) is 2.67. The van der Waals surface area contributed by atoms with Crippen molar-refractivity contribution in [1.29, 1.82) is 0 Å². The van der Waals surface area contributed by atoms with Gasteiger partial charge in [0.15, 0.2) is 0 Å². The molecule has 2 heterocycles. The second-order valence-electron chi connectivity index (χ2n) is 5.80. The number of nitrogens with one attached hydrogen (secondary N) is 1. The lowest BCUT2D eigenvalue weighted by molar-refractivity contribution is -0.142. The first-order chi connectivity index (χ1) is 9.24. The molecule has 116 valence electrons. The zero-order valence-electron chi connectivity index (χ0n) is 11.8. The Morgan fingerprint density at radius 3 is 2.45 bits per heavy atom. The van der Waals surface area contributed by atoms with Crippen LogP contribution in [-0.2, 0) is 19.7 Å².